The molecule has 0 N–H and O–H groups in total. The zero-order chi connectivity index (χ0) is 20.0. The first-order valence-electron chi connectivity index (χ1n) is 9.96. The molecule has 2 amide bonds. The van der Waals surface area contributed by atoms with E-state index in [4.69, 9.17) is 4.74 Å². The van der Waals surface area contributed by atoms with Gasteiger partial charge in [-0.3, -0.25) is 14.5 Å². The lowest BCUT2D eigenvalue weighted by molar-refractivity contribution is 0.0515. The monoisotopic (exact) mass is 386 g/mol. The molecular weight excluding hydrogens is 364 g/mol. The summed E-state index contributed by atoms with van der Waals surface area (Å²) in [5.41, 5.74) is 2.40. The molecule has 0 spiro atoms. The van der Waals surface area contributed by atoms with Crippen molar-refractivity contribution in [1.82, 2.24) is 4.90 Å². The second-order valence-electron chi connectivity index (χ2n) is 7.61. The van der Waals surface area contributed by atoms with E-state index in [2.05, 4.69) is 4.90 Å². The number of rotatable bonds is 3. The normalized spacial score (nSPS) is 17.1. The summed E-state index contributed by atoms with van der Waals surface area (Å²) in [5, 5.41) is 1.73. The first-order chi connectivity index (χ1) is 14.2. The zero-order valence-corrected chi connectivity index (χ0v) is 16.3. The standard InChI is InChI=1S/C24H22N2O3/c1-29-19-10-8-17(9-11-19)25-14-12-18(13-15-25)26-23(27)20-6-2-4-16-5-3-7-21(22(16)20)24(26)28/h2-11,18H,12-15H2,1H3. The minimum Gasteiger partial charge on any atom is -0.497 e. The van der Waals surface area contributed by atoms with Crippen molar-refractivity contribution in [3.05, 3.63) is 71.8 Å². The molecule has 3 aromatic carbocycles. The van der Waals surface area contributed by atoms with Crippen LogP contribution in [0.25, 0.3) is 10.8 Å². The number of imide groups is 1. The van der Waals surface area contributed by atoms with Gasteiger partial charge >= 0.3 is 0 Å². The van der Waals surface area contributed by atoms with E-state index in [-0.39, 0.29) is 17.9 Å². The van der Waals surface area contributed by atoms with Gasteiger partial charge in [0.25, 0.3) is 11.8 Å². The maximum absolute atomic E-state index is 13.2. The summed E-state index contributed by atoms with van der Waals surface area (Å²) in [7, 11) is 1.66. The number of amides is 2. The van der Waals surface area contributed by atoms with Crippen molar-refractivity contribution in [2.45, 2.75) is 18.9 Å². The number of piperidine rings is 1. The largest absolute Gasteiger partial charge is 0.497 e. The van der Waals surface area contributed by atoms with E-state index in [0.29, 0.717) is 11.1 Å². The van der Waals surface area contributed by atoms with Crippen molar-refractivity contribution in [2.75, 3.05) is 25.1 Å². The Kier molecular flexibility index (Phi) is 4.23. The molecular formula is C24H22N2O3. The lowest BCUT2D eigenvalue weighted by Crippen LogP contribution is -2.51. The first-order valence-corrected chi connectivity index (χ1v) is 9.96. The lowest BCUT2D eigenvalue weighted by atomic mass is 9.91. The van der Waals surface area contributed by atoms with Gasteiger partial charge in [0, 0.05) is 41.3 Å². The second-order valence-corrected chi connectivity index (χ2v) is 7.61. The Balaban J connectivity index is 1.38. The van der Waals surface area contributed by atoms with Crippen molar-refractivity contribution in [1.29, 1.82) is 0 Å². The third kappa shape index (κ3) is 2.85. The third-order valence-corrected chi connectivity index (χ3v) is 6.07. The van der Waals surface area contributed by atoms with Crippen LogP contribution >= 0.6 is 0 Å². The van der Waals surface area contributed by atoms with Gasteiger partial charge in [0.2, 0.25) is 0 Å². The number of hydrogen-bond donors (Lipinski definition) is 0. The third-order valence-electron chi connectivity index (χ3n) is 6.07. The number of carbonyl (C=O) groups is 2. The molecule has 5 heteroatoms. The molecule has 0 unspecified atom stereocenters. The van der Waals surface area contributed by atoms with Crippen LogP contribution in [0.5, 0.6) is 5.75 Å². The van der Waals surface area contributed by atoms with Crippen LogP contribution in [-0.4, -0.2) is 43.0 Å². The maximum Gasteiger partial charge on any atom is 0.261 e. The molecule has 0 aliphatic carbocycles. The lowest BCUT2D eigenvalue weighted by Gasteiger charge is -2.40. The van der Waals surface area contributed by atoms with E-state index in [1.807, 2.05) is 60.7 Å². The topological polar surface area (TPSA) is 49.9 Å². The van der Waals surface area contributed by atoms with Crippen molar-refractivity contribution in [2.24, 2.45) is 0 Å². The van der Waals surface area contributed by atoms with Gasteiger partial charge in [0.1, 0.15) is 5.75 Å². The smallest absolute Gasteiger partial charge is 0.261 e. The van der Waals surface area contributed by atoms with Gasteiger partial charge in [0.05, 0.1) is 7.11 Å². The fourth-order valence-electron chi connectivity index (χ4n) is 4.56. The molecule has 2 heterocycles. The highest BCUT2D eigenvalue weighted by atomic mass is 16.5. The Hall–Kier alpha value is -3.34. The molecule has 2 aliphatic heterocycles. The van der Waals surface area contributed by atoms with Gasteiger partial charge in [0.15, 0.2) is 0 Å². The molecule has 146 valence electrons. The predicted molar refractivity (Wildman–Crippen MR) is 113 cm³/mol. The van der Waals surface area contributed by atoms with E-state index in [1.54, 1.807) is 7.11 Å². The van der Waals surface area contributed by atoms with Gasteiger partial charge in [-0.15, -0.1) is 0 Å². The quantitative estimate of drug-likeness (QED) is 0.636. The highest BCUT2D eigenvalue weighted by Crippen LogP contribution is 2.33. The van der Waals surface area contributed by atoms with E-state index in [9.17, 15) is 9.59 Å². The highest BCUT2D eigenvalue weighted by Gasteiger charge is 2.38. The Labute approximate surface area is 169 Å². The number of nitrogens with zero attached hydrogens (tertiary/aromatic N) is 2. The van der Waals surface area contributed by atoms with Gasteiger partial charge in [-0.2, -0.15) is 0 Å². The Bertz CT molecular complexity index is 1050. The molecule has 1 saturated heterocycles. The molecule has 0 atom stereocenters. The Morgan fingerprint density at radius 2 is 1.41 bits per heavy atom. The summed E-state index contributed by atoms with van der Waals surface area (Å²) < 4.78 is 5.23. The number of hydrogen-bond acceptors (Lipinski definition) is 4. The van der Waals surface area contributed by atoms with Crippen LogP contribution in [0.4, 0.5) is 5.69 Å². The molecule has 5 nitrogen and oxygen atoms in total. The molecule has 2 aliphatic rings. The van der Waals surface area contributed by atoms with Crippen LogP contribution in [0, 0.1) is 0 Å². The number of benzene rings is 3. The van der Waals surface area contributed by atoms with Gasteiger partial charge in [-0.1, -0.05) is 24.3 Å². The Morgan fingerprint density at radius 1 is 0.828 bits per heavy atom. The number of methoxy groups -OCH3 is 1. The molecule has 0 saturated carbocycles. The minimum absolute atomic E-state index is 0.0758. The van der Waals surface area contributed by atoms with E-state index in [0.717, 1.165) is 48.1 Å². The van der Waals surface area contributed by atoms with Crippen LogP contribution in [0.1, 0.15) is 33.6 Å². The zero-order valence-electron chi connectivity index (χ0n) is 16.3. The number of ether oxygens (including phenoxy) is 1. The van der Waals surface area contributed by atoms with Crippen molar-refractivity contribution in [3.63, 3.8) is 0 Å². The molecule has 3 aromatic rings. The van der Waals surface area contributed by atoms with E-state index >= 15 is 0 Å². The summed E-state index contributed by atoms with van der Waals surface area (Å²) in [6, 6.07) is 19.3. The summed E-state index contributed by atoms with van der Waals surface area (Å²) in [6.07, 6.45) is 1.53. The van der Waals surface area contributed by atoms with Crippen LogP contribution in [0.3, 0.4) is 0 Å². The average molecular weight is 386 g/mol. The fourth-order valence-corrected chi connectivity index (χ4v) is 4.56. The first kappa shape index (κ1) is 17.7. The van der Waals surface area contributed by atoms with Crippen LogP contribution < -0.4 is 9.64 Å². The summed E-state index contributed by atoms with van der Waals surface area (Å²) in [4.78, 5) is 30.2. The average Bonchev–Trinajstić information content (AvgIpc) is 2.78. The van der Waals surface area contributed by atoms with Crippen LogP contribution in [0.2, 0.25) is 0 Å². The second kappa shape index (κ2) is 6.92. The van der Waals surface area contributed by atoms with Crippen LogP contribution in [-0.2, 0) is 0 Å². The number of carbonyl (C=O) groups excluding carboxylic acids is 2. The van der Waals surface area contributed by atoms with Crippen molar-refractivity contribution in [3.8, 4) is 5.75 Å². The van der Waals surface area contributed by atoms with Gasteiger partial charge in [-0.25, -0.2) is 0 Å². The molecule has 0 radical (unpaired) electrons. The maximum atomic E-state index is 13.2. The molecule has 0 bridgehead atoms. The van der Waals surface area contributed by atoms with Crippen molar-refractivity contribution >= 4 is 28.3 Å². The highest BCUT2D eigenvalue weighted by molar-refractivity contribution is 6.25. The summed E-state index contributed by atoms with van der Waals surface area (Å²) in [5.74, 6) is 0.505. The van der Waals surface area contributed by atoms with E-state index < -0.39 is 0 Å². The number of anilines is 1. The Morgan fingerprint density at radius 3 is 1.97 bits per heavy atom. The fraction of sp³-hybridized carbons (Fsp3) is 0.250. The van der Waals surface area contributed by atoms with E-state index in [1.165, 1.54) is 4.90 Å². The molecule has 29 heavy (non-hydrogen) atoms. The molecule has 0 aromatic heterocycles. The van der Waals surface area contributed by atoms with Gasteiger partial charge < -0.3 is 9.64 Å². The van der Waals surface area contributed by atoms with Gasteiger partial charge in [-0.05, 0) is 54.6 Å². The summed E-state index contributed by atoms with van der Waals surface area (Å²) in [6.45, 7) is 1.61. The summed E-state index contributed by atoms with van der Waals surface area (Å²) >= 11 is 0. The SMILES string of the molecule is COc1ccc(N2CCC(N3C(=O)c4cccc5cccc(c45)C3=O)CC2)cc1. The molecule has 5 rings (SSSR count). The van der Waals surface area contributed by atoms with Crippen molar-refractivity contribution < 1.29 is 14.3 Å². The molecule has 1 fully saturated rings. The minimum atomic E-state index is -0.165. The van der Waals surface area contributed by atoms with Crippen LogP contribution in [0.15, 0.2) is 60.7 Å². The predicted octanol–water partition coefficient (Wildman–Crippen LogP) is 4.11.